The van der Waals surface area contributed by atoms with Crippen LogP contribution in [0.5, 0.6) is 0 Å². The van der Waals surface area contributed by atoms with E-state index in [1.54, 1.807) is 24.0 Å². The Labute approximate surface area is 120 Å². The molecule has 0 saturated carbocycles. The summed E-state index contributed by atoms with van der Waals surface area (Å²) >= 11 is 1.48. The van der Waals surface area contributed by atoms with Crippen molar-refractivity contribution in [2.75, 3.05) is 5.32 Å². The predicted molar refractivity (Wildman–Crippen MR) is 80.3 cm³/mol. The fourth-order valence-electron chi connectivity index (χ4n) is 2.12. The van der Waals surface area contributed by atoms with Gasteiger partial charge in [0.15, 0.2) is 10.8 Å². The van der Waals surface area contributed by atoms with Crippen molar-refractivity contribution in [3.8, 4) is 0 Å². The van der Waals surface area contributed by atoms with Crippen LogP contribution in [0, 0.1) is 13.8 Å². The number of amides is 1. The topological polar surface area (TPSA) is 59.8 Å². The van der Waals surface area contributed by atoms with Gasteiger partial charge in [0.05, 0.1) is 10.2 Å². The van der Waals surface area contributed by atoms with E-state index in [1.807, 2.05) is 6.92 Å². The first-order chi connectivity index (χ1) is 9.52. The van der Waals surface area contributed by atoms with Gasteiger partial charge in [-0.3, -0.25) is 14.8 Å². The van der Waals surface area contributed by atoms with Gasteiger partial charge in [0.25, 0.3) is 5.91 Å². The molecular weight excluding hydrogens is 272 g/mol. The minimum Gasteiger partial charge on any atom is -0.296 e. The van der Waals surface area contributed by atoms with Gasteiger partial charge in [-0.15, -0.1) is 0 Å². The van der Waals surface area contributed by atoms with Crippen LogP contribution in [-0.2, 0) is 7.05 Å². The van der Waals surface area contributed by atoms with E-state index in [-0.39, 0.29) is 5.91 Å². The van der Waals surface area contributed by atoms with E-state index in [1.165, 1.54) is 16.9 Å². The molecule has 0 aliphatic carbocycles. The summed E-state index contributed by atoms with van der Waals surface area (Å²) in [6, 6.07) is 5.85. The maximum absolute atomic E-state index is 12.0. The van der Waals surface area contributed by atoms with Crippen LogP contribution in [0.3, 0.4) is 0 Å². The Bertz CT molecular complexity index is 803. The zero-order valence-corrected chi connectivity index (χ0v) is 12.3. The molecule has 5 nitrogen and oxygen atoms in total. The molecule has 0 unspecified atom stereocenters. The lowest BCUT2D eigenvalue weighted by molar-refractivity contribution is 0.102. The number of carbonyl (C=O) groups is 1. The number of hydrogen-bond acceptors (Lipinski definition) is 4. The molecular formula is C14H14N4OS. The van der Waals surface area contributed by atoms with Gasteiger partial charge in [-0.05, 0) is 37.1 Å². The molecule has 3 rings (SSSR count). The number of nitrogens with zero attached hydrogens (tertiary/aromatic N) is 3. The standard InChI is InChI=1S/C14H14N4OS/c1-8-6-9(2)12-11(7-8)20-14(15-12)16-13(19)10-4-5-18(3)17-10/h4-7H,1-3H3,(H,15,16,19). The molecule has 2 heterocycles. The van der Waals surface area contributed by atoms with Crippen LogP contribution in [0.1, 0.15) is 21.6 Å². The van der Waals surface area contributed by atoms with Crippen molar-refractivity contribution in [2.45, 2.75) is 13.8 Å². The third kappa shape index (κ3) is 2.30. The molecule has 0 aliphatic heterocycles. The van der Waals surface area contributed by atoms with E-state index in [9.17, 15) is 4.79 Å². The number of benzene rings is 1. The Morgan fingerprint density at radius 3 is 2.85 bits per heavy atom. The lowest BCUT2D eigenvalue weighted by Gasteiger charge is -1.97. The Hall–Kier alpha value is -2.21. The lowest BCUT2D eigenvalue weighted by atomic mass is 10.1. The highest BCUT2D eigenvalue weighted by Crippen LogP contribution is 2.29. The molecule has 1 N–H and O–H groups in total. The molecule has 2 aromatic heterocycles. The average Bonchev–Trinajstić information content (AvgIpc) is 2.95. The second-order valence-corrected chi connectivity index (χ2v) is 5.81. The molecule has 0 radical (unpaired) electrons. The summed E-state index contributed by atoms with van der Waals surface area (Å²) in [5, 5.41) is 7.48. The number of aryl methyl sites for hydroxylation is 3. The largest absolute Gasteiger partial charge is 0.296 e. The summed E-state index contributed by atoms with van der Waals surface area (Å²) in [6.45, 7) is 4.08. The van der Waals surface area contributed by atoms with Gasteiger partial charge in [-0.1, -0.05) is 17.4 Å². The van der Waals surface area contributed by atoms with Crippen molar-refractivity contribution in [3.63, 3.8) is 0 Å². The van der Waals surface area contributed by atoms with Gasteiger partial charge >= 0.3 is 0 Å². The first-order valence-corrected chi connectivity index (χ1v) is 7.03. The first kappa shape index (κ1) is 12.8. The summed E-state index contributed by atoms with van der Waals surface area (Å²) in [4.78, 5) is 16.5. The fraction of sp³-hybridized carbons (Fsp3) is 0.214. The van der Waals surface area contributed by atoms with Crippen molar-refractivity contribution in [1.82, 2.24) is 14.8 Å². The minimum absolute atomic E-state index is 0.237. The van der Waals surface area contributed by atoms with Crippen LogP contribution in [0.25, 0.3) is 10.2 Å². The minimum atomic E-state index is -0.237. The zero-order chi connectivity index (χ0) is 14.3. The van der Waals surface area contributed by atoms with Crippen LogP contribution in [0.15, 0.2) is 24.4 Å². The molecule has 3 aromatic rings. The normalized spacial score (nSPS) is 10.9. The smallest absolute Gasteiger partial charge is 0.277 e. The Morgan fingerprint density at radius 2 is 2.15 bits per heavy atom. The fourth-order valence-corrected chi connectivity index (χ4v) is 3.16. The lowest BCUT2D eigenvalue weighted by Crippen LogP contribution is -2.12. The van der Waals surface area contributed by atoms with Crippen LogP contribution in [-0.4, -0.2) is 20.7 Å². The highest BCUT2D eigenvalue weighted by molar-refractivity contribution is 7.22. The van der Waals surface area contributed by atoms with Gasteiger partial charge in [0, 0.05) is 13.2 Å². The second-order valence-electron chi connectivity index (χ2n) is 4.78. The number of nitrogens with one attached hydrogen (secondary N) is 1. The molecule has 0 saturated heterocycles. The van der Waals surface area contributed by atoms with Gasteiger partial charge in [0.1, 0.15) is 0 Å². The van der Waals surface area contributed by atoms with Crippen molar-refractivity contribution < 1.29 is 4.79 Å². The van der Waals surface area contributed by atoms with Crippen molar-refractivity contribution in [3.05, 3.63) is 41.2 Å². The second kappa shape index (κ2) is 4.72. The highest BCUT2D eigenvalue weighted by atomic mass is 32.1. The molecule has 0 aliphatic rings. The van der Waals surface area contributed by atoms with E-state index in [2.05, 4.69) is 34.5 Å². The summed E-state index contributed by atoms with van der Waals surface area (Å²) in [6.07, 6.45) is 1.74. The van der Waals surface area contributed by atoms with Crippen LogP contribution in [0.2, 0.25) is 0 Å². The number of fused-ring (bicyclic) bond motifs is 1. The van der Waals surface area contributed by atoms with Gasteiger partial charge in [0.2, 0.25) is 0 Å². The van der Waals surface area contributed by atoms with E-state index < -0.39 is 0 Å². The Balaban J connectivity index is 1.91. The van der Waals surface area contributed by atoms with Gasteiger partial charge < -0.3 is 0 Å². The molecule has 0 bridgehead atoms. The first-order valence-electron chi connectivity index (χ1n) is 6.22. The third-order valence-corrected chi connectivity index (χ3v) is 3.91. The van der Waals surface area contributed by atoms with E-state index in [4.69, 9.17) is 0 Å². The third-order valence-electron chi connectivity index (χ3n) is 3.00. The maximum Gasteiger partial charge on any atom is 0.277 e. The predicted octanol–water partition coefficient (Wildman–Crippen LogP) is 2.90. The number of carbonyl (C=O) groups excluding carboxylic acids is 1. The highest BCUT2D eigenvalue weighted by Gasteiger charge is 2.13. The number of rotatable bonds is 2. The van der Waals surface area contributed by atoms with Gasteiger partial charge in [-0.25, -0.2) is 4.98 Å². The van der Waals surface area contributed by atoms with E-state index in [0.717, 1.165) is 15.8 Å². The van der Waals surface area contributed by atoms with Crippen LogP contribution < -0.4 is 5.32 Å². The SMILES string of the molecule is Cc1cc(C)c2nc(NC(=O)c3ccn(C)n3)sc2c1. The molecule has 6 heteroatoms. The summed E-state index contributed by atoms with van der Waals surface area (Å²) in [7, 11) is 1.78. The number of thiazole rings is 1. The number of anilines is 1. The molecule has 102 valence electrons. The summed E-state index contributed by atoms with van der Waals surface area (Å²) in [5.41, 5.74) is 3.65. The van der Waals surface area contributed by atoms with Crippen molar-refractivity contribution in [2.24, 2.45) is 7.05 Å². The van der Waals surface area contributed by atoms with Gasteiger partial charge in [-0.2, -0.15) is 5.10 Å². The van der Waals surface area contributed by atoms with Crippen molar-refractivity contribution >= 4 is 32.6 Å². The molecule has 0 fully saturated rings. The molecule has 1 aromatic carbocycles. The average molecular weight is 286 g/mol. The quantitative estimate of drug-likeness (QED) is 0.788. The zero-order valence-electron chi connectivity index (χ0n) is 11.5. The monoisotopic (exact) mass is 286 g/mol. The maximum atomic E-state index is 12.0. The van der Waals surface area contributed by atoms with Crippen LogP contribution >= 0.6 is 11.3 Å². The van der Waals surface area contributed by atoms with Crippen molar-refractivity contribution in [1.29, 1.82) is 0 Å². The Kier molecular flexibility index (Phi) is 3.02. The number of aromatic nitrogens is 3. The van der Waals surface area contributed by atoms with E-state index >= 15 is 0 Å². The summed E-state index contributed by atoms with van der Waals surface area (Å²) < 4.78 is 2.68. The molecule has 0 spiro atoms. The summed E-state index contributed by atoms with van der Waals surface area (Å²) in [5.74, 6) is -0.237. The molecule has 1 amide bonds. The van der Waals surface area contributed by atoms with Crippen LogP contribution in [0.4, 0.5) is 5.13 Å². The Morgan fingerprint density at radius 1 is 1.35 bits per heavy atom. The van der Waals surface area contributed by atoms with E-state index in [0.29, 0.717) is 10.8 Å². The molecule has 0 atom stereocenters. The molecule has 20 heavy (non-hydrogen) atoms. The number of hydrogen-bond donors (Lipinski definition) is 1.